The van der Waals surface area contributed by atoms with Gasteiger partial charge in [-0.2, -0.15) is 0 Å². The van der Waals surface area contributed by atoms with Crippen molar-refractivity contribution in [3.8, 4) is 56.4 Å². The highest BCUT2D eigenvalue weighted by molar-refractivity contribution is 6.17. The molecule has 1 unspecified atom stereocenters. The van der Waals surface area contributed by atoms with Crippen LogP contribution in [0.25, 0.3) is 78.4 Å². The maximum Gasteiger partial charge on any atom is 0.164 e. The summed E-state index contributed by atoms with van der Waals surface area (Å²) in [5, 5.41) is 6.04. The number of para-hydroxylation sites is 2. The van der Waals surface area contributed by atoms with E-state index in [2.05, 4.69) is 108 Å². The van der Waals surface area contributed by atoms with Crippen LogP contribution in [0.4, 0.5) is 5.69 Å². The molecular weight excluding hydrogens is 625 g/mol. The van der Waals surface area contributed by atoms with Crippen molar-refractivity contribution >= 4 is 27.6 Å². The van der Waals surface area contributed by atoms with Crippen LogP contribution >= 0.6 is 0 Å². The number of benzene rings is 7. The lowest BCUT2D eigenvalue weighted by Gasteiger charge is -2.32. The van der Waals surface area contributed by atoms with Gasteiger partial charge >= 0.3 is 0 Å². The normalized spacial score (nSPS) is 13.5. The number of furan rings is 1. The highest BCUT2D eigenvalue weighted by Gasteiger charge is 2.31. The molecule has 0 aliphatic carbocycles. The lowest BCUT2D eigenvalue weighted by Crippen LogP contribution is -2.18. The van der Waals surface area contributed by atoms with Gasteiger partial charge in [-0.05, 0) is 46.5 Å². The number of nitrogens with zero attached hydrogens (tertiary/aromatic N) is 3. The highest BCUT2D eigenvalue weighted by Crippen LogP contribution is 2.52. The molecule has 0 fully saturated rings. The van der Waals surface area contributed by atoms with E-state index in [4.69, 9.17) is 19.4 Å². The minimum absolute atomic E-state index is 0.0685. The number of aromatic nitrogens is 3. The van der Waals surface area contributed by atoms with E-state index in [0.717, 1.165) is 61.0 Å². The maximum atomic E-state index is 6.64. The second kappa shape index (κ2) is 11.9. The molecule has 3 heterocycles. The predicted octanol–water partition coefficient (Wildman–Crippen LogP) is 11.6. The maximum absolute atomic E-state index is 6.64. The molecule has 7 aromatic carbocycles. The largest absolute Gasteiger partial charge is 0.456 e. The quantitative estimate of drug-likeness (QED) is 0.200. The van der Waals surface area contributed by atoms with Crippen LogP contribution in [0.15, 0.2) is 174 Å². The predicted molar refractivity (Wildman–Crippen MR) is 206 cm³/mol. The van der Waals surface area contributed by atoms with Crippen LogP contribution in [-0.2, 0) is 0 Å². The van der Waals surface area contributed by atoms with Crippen molar-refractivity contribution in [3.05, 3.63) is 181 Å². The first-order valence-electron chi connectivity index (χ1n) is 17.2. The molecule has 1 N–H and O–H groups in total. The Morgan fingerprint density at radius 2 is 1.02 bits per heavy atom. The fourth-order valence-corrected chi connectivity index (χ4v) is 7.43. The van der Waals surface area contributed by atoms with Gasteiger partial charge in [0.15, 0.2) is 17.5 Å². The minimum atomic E-state index is -0.0685. The van der Waals surface area contributed by atoms with E-state index in [1.165, 1.54) is 16.7 Å². The third-order valence-corrected chi connectivity index (χ3v) is 9.75. The zero-order valence-electron chi connectivity index (χ0n) is 27.5. The highest BCUT2D eigenvalue weighted by atomic mass is 16.3. The van der Waals surface area contributed by atoms with Gasteiger partial charge in [0.1, 0.15) is 11.2 Å². The van der Waals surface area contributed by atoms with Gasteiger partial charge in [-0.15, -0.1) is 0 Å². The fourth-order valence-electron chi connectivity index (χ4n) is 7.43. The van der Waals surface area contributed by atoms with Gasteiger partial charge in [-0.3, -0.25) is 0 Å². The molecule has 10 rings (SSSR count). The molecule has 0 radical (unpaired) electrons. The molecule has 240 valence electrons. The Morgan fingerprint density at radius 3 is 1.75 bits per heavy atom. The van der Waals surface area contributed by atoms with Gasteiger partial charge in [0.25, 0.3) is 0 Å². The van der Waals surface area contributed by atoms with Crippen molar-refractivity contribution in [2.75, 3.05) is 5.32 Å². The number of hydrogen-bond acceptors (Lipinski definition) is 5. The summed E-state index contributed by atoms with van der Waals surface area (Å²) in [6, 6.07) is 58.5. The molecule has 51 heavy (non-hydrogen) atoms. The van der Waals surface area contributed by atoms with Crippen LogP contribution in [-0.4, -0.2) is 15.0 Å². The lowest BCUT2D eigenvalue weighted by molar-refractivity contribution is 0.668. The number of rotatable bonds is 5. The Bertz CT molecular complexity index is 2660. The van der Waals surface area contributed by atoms with E-state index in [0.29, 0.717) is 17.5 Å². The molecule has 0 bridgehead atoms. The third-order valence-electron chi connectivity index (χ3n) is 9.75. The number of nitrogens with one attached hydrogen (secondary N) is 1. The van der Waals surface area contributed by atoms with Gasteiger partial charge in [-0.25, -0.2) is 15.0 Å². The van der Waals surface area contributed by atoms with Crippen molar-refractivity contribution in [3.63, 3.8) is 0 Å². The molecule has 1 aliphatic rings. The Morgan fingerprint density at radius 1 is 0.451 bits per heavy atom. The summed E-state index contributed by atoms with van der Waals surface area (Å²) in [7, 11) is 0. The standard InChI is InChI=1S/C46H30N4O/c1-4-15-29(16-5-1)43-36-28-39-42(35-24-11-13-26-38(35)51-39)40(41(36)34-23-10-12-25-37(34)47-43)32-21-14-22-33(27-32)46-49-44(30-17-6-2-7-18-30)48-45(50-46)31-19-8-3-9-20-31/h1-28,43,47H. The van der Waals surface area contributed by atoms with E-state index in [-0.39, 0.29) is 6.04 Å². The van der Waals surface area contributed by atoms with Crippen LogP contribution in [0.2, 0.25) is 0 Å². The number of hydrogen-bond donors (Lipinski definition) is 1. The molecule has 9 aromatic rings. The van der Waals surface area contributed by atoms with E-state index < -0.39 is 0 Å². The molecule has 1 aliphatic heterocycles. The molecule has 0 saturated heterocycles. The topological polar surface area (TPSA) is 63.8 Å². The number of fused-ring (bicyclic) bond motifs is 6. The second-order valence-corrected chi connectivity index (χ2v) is 12.8. The monoisotopic (exact) mass is 654 g/mol. The summed E-state index contributed by atoms with van der Waals surface area (Å²) in [5.41, 5.74) is 12.5. The van der Waals surface area contributed by atoms with Crippen LogP contribution in [0, 0.1) is 0 Å². The summed E-state index contributed by atoms with van der Waals surface area (Å²) >= 11 is 0. The third kappa shape index (κ3) is 4.98. The summed E-state index contributed by atoms with van der Waals surface area (Å²) < 4.78 is 6.64. The van der Waals surface area contributed by atoms with Crippen molar-refractivity contribution in [1.82, 2.24) is 15.0 Å². The van der Waals surface area contributed by atoms with Crippen LogP contribution in [0.1, 0.15) is 17.2 Å². The van der Waals surface area contributed by atoms with Crippen LogP contribution in [0.5, 0.6) is 0 Å². The van der Waals surface area contributed by atoms with Gasteiger partial charge in [0, 0.05) is 44.3 Å². The van der Waals surface area contributed by atoms with E-state index in [9.17, 15) is 0 Å². The summed E-state index contributed by atoms with van der Waals surface area (Å²) in [5.74, 6) is 1.89. The molecule has 1 atom stereocenters. The summed E-state index contributed by atoms with van der Waals surface area (Å²) in [6.07, 6.45) is 0. The fraction of sp³-hybridized carbons (Fsp3) is 0.0217. The zero-order chi connectivity index (χ0) is 33.7. The smallest absolute Gasteiger partial charge is 0.164 e. The van der Waals surface area contributed by atoms with Crippen molar-refractivity contribution in [2.45, 2.75) is 6.04 Å². The minimum Gasteiger partial charge on any atom is -0.456 e. The number of anilines is 1. The first kappa shape index (κ1) is 29.1. The molecule has 5 heteroatoms. The second-order valence-electron chi connectivity index (χ2n) is 12.8. The van der Waals surface area contributed by atoms with Gasteiger partial charge in [0.2, 0.25) is 0 Å². The lowest BCUT2D eigenvalue weighted by atomic mass is 9.80. The van der Waals surface area contributed by atoms with Gasteiger partial charge < -0.3 is 9.73 Å². The molecule has 2 aromatic heterocycles. The first-order chi connectivity index (χ1) is 25.3. The van der Waals surface area contributed by atoms with E-state index >= 15 is 0 Å². The Hall–Kier alpha value is -6.85. The molecule has 0 saturated carbocycles. The van der Waals surface area contributed by atoms with Crippen molar-refractivity contribution < 1.29 is 4.42 Å². The SMILES string of the molecule is c1ccc(-c2nc(-c3ccccc3)nc(-c3cccc(-c4c5c(cc6oc7ccccc7c46)C(c4ccccc4)Nc4ccccc4-5)c3)n2)cc1. The van der Waals surface area contributed by atoms with Gasteiger partial charge in [-0.1, -0.05) is 146 Å². The molecule has 0 spiro atoms. The van der Waals surface area contributed by atoms with Gasteiger partial charge in [0.05, 0.1) is 6.04 Å². The first-order valence-corrected chi connectivity index (χ1v) is 17.2. The van der Waals surface area contributed by atoms with E-state index in [1.54, 1.807) is 0 Å². The van der Waals surface area contributed by atoms with E-state index in [1.807, 2.05) is 66.7 Å². The molecule has 5 nitrogen and oxygen atoms in total. The molecule has 0 amide bonds. The Balaban J connectivity index is 1.25. The molecular formula is C46H30N4O. The average Bonchev–Trinajstić information content (AvgIpc) is 3.59. The Kier molecular flexibility index (Phi) is 6.81. The zero-order valence-corrected chi connectivity index (χ0v) is 27.5. The van der Waals surface area contributed by atoms with Crippen LogP contribution in [0.3, 0.4) is 0 Å². The summed E-state index contributed by atoms with van der Waals surface area (Å²) in [6.45, 7) is 0. The summed E-state index contributed by atoms with van der Waals surface area (Å²) in [4.78, 5) is 15.0. The average molecular weight is 655 g/mol. The Labute approximate surface area is 294 Å². The van der Waals surface area contributed by atoms with Crippen LogP contribution < -0.4 is 5.32 Å². The van der Waals surface area contributed by atoms with Crippen molar-refractivity contribution in [2.24, 2.45) is 0 Å². The van der Waals surface area contributed by atoms with Crippen molar-refractivity contribution in [1.29, 1.82) is 0 Å².